The molecule has 53 heavy (non-hydrogen) atoms. The third kappa shape index (κ3) is 21.7. The van der Waals surface area contributed by atoms with Crippen molar-refractivity contribution in [3.05, 3.63) is 142 Å². The van der Waals surface area contributed by atoms with Crippen LogP contribution in [-0.2, 0) is 25.7 Å². The van der Waals surface area contributed by atoms with Gasteiger partial charge in [0.25, 0.3) is 0 Å². The number of hydrogen-bond donors (Lipinski definition) is 0. The number of carboxylic acids is 4. The summed E-state index contributed by atoms with van der Waals surface area (Å²) in [7, 11) is 0. The summed E-state index contributed by atoms with van der Waals surface area (Å²) < 4.78 is 0. The van der Waals surface area contributed by atoms with Gasteiger partial charge in [0, 0.05) is 27.3 Å². The summed E-state index contributed by atoms with van der Waals surface area (Å²) in [5.74, 6) is -2.09. The molecule has 9 heteroatoms. The Morgan fingerprint density at radius 1 is 0.340 bits per heavy atom. The zero-order valence-electron chi connectivity index (χ0n) is 32.1. The molecule has 0 heterocycles. The normalized spacial score (nSPS) is 10.2. The predicted octanol–water partition coefficient (Wildman–Crippen LogP) is 4.61. The summed E-state index contributed by atoms with van der Waals surface area (Å²) in [6.07, 6.45) is 3.92. The second-order valence-electron chi connectivity index (χ2n) is 14.3. The minimum atomic E-state index is -1.11. The van der Waals surface area contributed by atoms with Gasteiger partial charge < -0.3 is 39.6 Å². The average molecular weight is 916 g/mol. The van der Waals surface area contributed by atoms with Crippen molar-refractivity contribution in [3.63, 3.8) is 0 Å². The summed E-state index contributed by atoms with van der Waals surface area (Å²) in [6.45, 7) is 17.1. The molecule has 4 radical (unpaired) electrons. The molecule has 284 valence electrons. The van der Waals surface area contributed by atoms with Crippen molar-refractivity contribution in [2.75, 3.05) is 0 Å². The zero-order valence-corrected chi connectivity index (χ0v) is 36.0. The van der Waals surface area contributed by atoms with Gasteiger partial charge in [0.15, 0.2) is 0 Å². The molecule has 0 aliphatic heterocycles. The van der Waals surface area contributed by atoms with Gasteiger partial charge in [-0.15, -0.1) is 0 Å². The quantitative estimate of drug-likeness (QED) is 0.186. The van der Waals surface area contributed by atoms with Crippen LogP contribution in [0.2, 0.25) is 0 Å². The van der Waals surface area contributed by atoms with Crippen LogP contribution >= 0.6 is 0 Å². The molecule has 0 aliphatic carbocycles. The van der Waals surface area contributed by atoms with Crippen LogP contribution < -0.4 is 20.4 Å². The van der Waals surface area contributed by atoms with Crippen LogP contribution in [-0.4, -0.2) is 51.2 Å². The van der Waals surface area contributed by atoms with Gasteiger partial charge in [-0.1, -0.05) is 152 Å². The van der Waals surface area contributed by atoms with Gasteiger partial charge in [-0.25, -0.2) is 0 Å². The number of carbonyl (C=O) groups is 4. The molecular formula is C44H52O8Pb-4. The van der Waals surface area contributed by atoms with Gasteiger partial charge in [0.1, 0.15) is 0 Å². The largest absolute Gasteiger partial charge is 0.545 e. The molecule has 0 atom stereocenters. The van der Waals surface area contributed by atoms with E-state index in [1.54, 1.807) is 48.5 Å². The zero-order chi connectivity index (χ0) is 39.4. The first-order chi connectivity index (χ1) is 24.4. The molecule has 0 aromatic heterocycles. The van der Waals surface area contributed by atoms with Crippen molar-refractivity contribution >= 4 is 51.2 Å². The number of carbonyl (C=O) groups excluding carboxylic acids is 4. The van der Waals surface area contributed by atoms with Gasteiger partial charge in [-0.2, -0.15) is 0 Å². The number of rotatable bonds is 12. The average Bonchev–Trinajstić information content (AvgIpc) is 3.05. The van der Waals surface area contributed by atoms with E-state index in [4.69, 9.17) is 0 Å². The first kappa shape index (κ1) is 48.7. The van der Waals surface area contributed by atoms with Crippen LogP contribution in [0.3, 0.4) is 0 Å². The summed E-state index contributed by atoms with van der Waals surface area (Å²) >= 11 is 0. The van der Waals surface area contributed by atoms with Crippen molar-refractivity contribution in [1.82, 2.24) is 0 Å². The molecule has 4 aromatic rings. The molecule has 0 saturated heterocycles. The third-order valence-electron chi connectivity index (χ3n) is 7.33. The molecule has 0 amide bonds. The second kappa shape index (κ2) is 25.6. The van der Waals surface area contributed by atoms with E-state index in [2.05, 4.69) is 55.4 Å². The minimum absolute atomic E-state index is 0. The molecule has 0 saturated carbocycles. The number of hydrogen-bond acceptors (Lipinski definition) is 8. The van der Waals surface area contributed by atoms with E-state index in [9.17, 15) is 39.6 Å². The van der Waals surface area contributed by atoms with Gasteiger partial charge >= 0.3 is 0 Å². The van der Waals surface area contributed by atoms with E-state index in [1.807, 2.05) is 48.5 Å². The fraction of sp³-hybridized carbons (Fsp3) is 0.364. The van der Waals surface area contributed by atoms with Gasteiger partial charge in [0.2, 0.25) is 0 Å². The van der Waals surface area contributed by atoms with E-state index < -0.39 is 23.9 Å². The van der Waals surface area contributed by atoms with E-state index in [1.165, 1.54) is 22.3 Å². The van der Waals surface area contributed by atoms with Crippen LogP contribution in [0.5, 0.6) is 0 Å². The van der Waals surface area contributed by atoms with Crippen molar-refractivity contribution in [2.24, 2.45) is 23.7 Å². The summed E-state index contributed by atoms with van der Waals surface area (Å²) in [4.78, 5) is 41.7. The van der Waals surface area contributed by atoms with E-state index in [0.29, 0.717) is 23.7 Å². The van der Waals surface area contributed by atoms with Crippen molar-refractivity contribution < 1.29 is 39.6 Å². The Bertz CT molecular complexity index is 1400. The number of carboxylic acid groups (broad SMARTS) is 4. The van der Waals surface area contributed by atoms with Gasteiger partial charge in [-0.3, -0.25) is 0 Å². The van der Waals surface area contributed by atoms with Crippen LogP contribution in [0, 0.1) is 23.7 Å². The monoisotopic (exact) mass is 916 g/mol. The number of benzene rings is 4. The van der Waals surface area contributed by atoms with Crippen LogP contribution in [0.25, 0.3) is 0 Å². The maximum atomic E-state index is 10.4. The summed E-state index contributed by atoms with van der Waals surface area (Å²) in [6, 6.07) is 27.4. The Labute approximate surface area is 335 Å². The molecule has 4 rings (SSSR count). The molecule has 0 N–H and O–H groups in total. The van der Waals surface area contributed by atoms with Gasteiger partial charge in [0.05, 0.1) is 23.9 Å². The standard InChI is InChI=1S/4C11H14O2.Pb/c4*1-8(2)7-9-3-5-10(6-4-9)11(12)13;/h4*3-6,8H,7H2,1-2H3,(H,12,13);/p-4. The van der Waals surface area contributed by atoms with Crippen LogP contribution in [0.1, 0.15) is 119 Å². The molecule has 0 spiro atoms. The molecule has 0 fully saturated rings. The van der Waals surface area contributed by atoms with Crippen LogP contribution in [0.4, 0.5) is 0 Å². The maximum Gasteiger partial charge on any atom is 0.0715 e. The Morgan fingerprint density at radius 2 is 0.472 bits per heavy atom. The van der Waals surface area contributed by atoms with E-state index in [0.717, 1.165) is 25.7 Å². The maximum absolute atomic E-state index is 10.4. The topological polar surface area (TPSA) is 161 Å². The second-order valence-corrected chi connectivity index (χ2v) is 14.3. The number of aromatic carboxylic acids is 4. The fourth-order valence-electron chi connectivity index (χ4n) is 4.99. The summed E-state index contributed by atoms with van der Waals surface area (Å²) in [5, 5.41) is 41.7. The van der Waals surface area contributed by atoms with Crippen molar-refractivity contribution in [2.45, 2.75) is 81.1 Å². The summed E-state index contributed by atoms with van der Waals surface area (Å²) in [5.41, 5.74) is 5.64. The molecule has 0 unspecified atom stereocenters. The molecule has 0 aliphatic rings. The Morgan fingerprint density at radius 3 is 0.566 bits per heavy atom. The Kier molecular flexibility index (Phi) is 23.5. The first-order valence-corrected chi connectivity index (χ1v) is 17.6. The third-order valence-corrected chi connectivity index (χ3v) is 7.33. The van der Waals surface area contributed by atoms with E-state index in [-0.39, 0.29) is 49.6 Å². The van der Waals surface area contributed by atoms with E-state index >= 15 is 0 Å². The smallest absolute Gasteiger partial charge is 0.0715 e. The van der Waals surface area contributed by atoms with Gasteiger partial charge in [-0.05, 0) is 93.9 Å². The first-order valence-electron chi connectivity index (χ1n) is 17.6. The molecule has 4 aromatic carbocycles. The predicted molar refractivity (Wildman–Crippen MR) is 203 cm³/mol. The fourth-order valence-corrected chi connectivity index (χ4v) is 4.99. The molecule has 8 nitrogen and oxygen atoms in total. The Balaban J connectivity index is 0.000000676. The minimum Gasteiger partial charge on any atom is -0.545 e. The Hall–Kier alpha value is -4.32. The van der Waals surface area contributed by atoms with Crippen molar-refractivity contribution in [3.8, 4) is 0 Å². The molecular weight excluding hydrogens is 864 g/mol. The van der Waals surface area contributed by atoms with Crippen LogP contribution in [0.15, 0.2) is 97.1 Å². The molecule has 0 bridgehead atoms. The SMILES string of the molecule is CC(C)Cc1ccc(C(=O)[O-])cc1.CC(C)Cc1ccc(C(=O)[O-])cc1.CC(C)Cc1ccc(C(=O)[O-])cc1.CC(C)Cc1ccc(C(=O)[O-])cc1.[Pb]. The van der Waals surface area contributed by atoms with Crippen molar-refractivity contribution in [1.29, 1.82) is 0 Å².